The van der Waals surface area contributed by atoms with E-state index in [1.807, 2.05) is 48.5 Å². The summed E-state index contributed by atoms with van der Waals surface area (Å²) in [6, 6.07) is 16.3. The lowest BCUT2D eigenvalue weighted by atomic mass is 10.1. The number of amides is 1. The maximum Gasteiger partial charge on any atom is 0.404 e. The summed E-state index contributed by atoms with van der Waals surface area (Å²) >= 11 is 0. The van der Waals surface area contributed by atoms with Crippen LogP contribution in [0.1, 0.15) is 19.8 Å². The van der Waals surface area contributed by atoms with Crippen LogP contribution >= 0.6 is 0 Å². The van der Waals surface area contributed by atoms with Crippen molar-refractivity contribution in [2.45, 2.75) is 25.8 Å². The van der Waals surface area contributed by atoms with Crippen molar-refractivity contribution in [3.05, 3.63) is 54.6 Å². The van der Waals surface area contributed by atoms with E-state index in [2.05, 4.69) is 10.5 Å². The molecular formula is C23H24N2O6. The van der Waals surface area contributed by atoms with Crippen LogP contribution in [0.25, 0.3) is 11.3 Å². The van der Waals surface area contributed by atoms with E-state index in [0.717, 1.165) is 17.9 Å². The highest BCUT2D eigenvalue weighted by atomic mass is 16.6. The van der Waals surface area contributed by atoms with Crippen LogP contribution in [0.5, 0.6) is 23.2 Å². The number of carboxylic acid groups (broad SMARTS) is 1. The Kier molecular flexibility index (Phi) is 6.26. The summed E-state index contributed by atoms with van der Waals surface area (Å²) in [5, 5.41) is 15.0. The van der Waals surface area contributed by atoms with Gasteiger partial charge in [-0.2, -0.15) is 0 Å². The highest BCUT2D eigenvalue weighted by Gasteiger charge is 2.21. The van der Waals surface area contributed by atoms with Crippen LogP contribution in [0.2, 0.25) is 0 Å². The maximum atomic E-state index is 10.6. The predicted molar refractivity (Wildman–Crippen MR) is 113 cm³/mol. The number of nitrogens with one attached hydrogen (secondary N) is 1. The van der Waals surface area contributed by atoms with Gasteiger partial charge in [0.2, 0.25) is 0 Å². The molecule has 1 aliphatic carbocycles. The molecule has 31 heavy (non-hydrogen) atoms. The van der Waals surface area contributed by atoms with Gasteiger partial charge in [0, 0.05) is 11.6 Å². The standard InChI is InChI=1S/C23H24N2O6/c1-15(24-23(26)27)13-29-22-12-21(25-31-22)17-7-9-18(10-8-17)30-20-4-2-3-19(11-20)28-14-16-5-6-16/h2-4,7-12,15-16,24H,5-6,13-14H2,1H3,(H,26,27)/t15-/m0/s1. The van der Waals surface area contributed by atoms with Gasteiger partial charge in [-0.25, -0.2) is 4.79 Å². The van der Waals surface area contributed by atoms with Crippen molar-refractivity contribution in [2.24, 2.45) is 5.92 Å². The molecule has 1 aromatic heterocycles. The van der Waals surface area contributed by atoms with Gasteiger partial charge < -0.3 is 29.2 Å². The molecule has 4 rings (SSSR count). The first-order valence-electron chi connectivity index (χ1n) is 10.2. The lowest BCUT2D eigenvalue weighted by Gasteiger charge is -2.10. The molecule has 1 aliphatic rings. The molecule has 0 saturated heterocycles. The highest BCUT2D eigenvalue weighted by Crippen LogP contribution is 2.31. The van der Waals surface area contributed by atoms with Crippen LogP contribution in [0, 0.1) is 5.92 Å². The first-order valence-corrected chi connectivity index (χ1v) is 10.2. The molecule has 0 aliphatic heterocycles. The van der Waals surface area contributed by atoms with E-state index in [0.29, 0.717) is 23.1 Å². The number of nitrogens with zero attached hydrogens (tertiary/aromatic N) is 1. The molecular weight excluding hydrogens is 400 g/mol. The quantitative estimate of drug-likeness (QED) is 0.474. The van der Waals surface area contributed by atoms with E-state index in [1.54, 1.807) is 13.0 Å². The third-order valence-electron chi connectivity index (χ3n) is 4.71. The molecule has 0 unspecified atom stereocenters. The minimum Gasteiger partial charge on any atom is -0.493 e. The molecule has 2 aromatic carbocycles. The number of aromatic nitrogens is 1. The Labute approximate surface area is 179 Å². The summed E-state index contributed by atoms with van der Waals surface area (Å²) in [4.78, 5) is 10.6. The fourth-order valence-corrected chi connectivity index (χ4v) is 2.88. The summed E-state index contributed by atoms with van der Waals surface area (Å²) in [5.41, 5.74) is 1.44. The number of rotatable bonds is 10. The number of benzene rings is 2. The number of hydrogen-bond donors (Lipinski definition) is 2. The maximum absolute atomic E-state index is 10.6. The van der Waals surface area contributed by atoms with Crippen molar-refractivity contribution in [3.63, 3.8) is 0 Å². The van der Waals surface area contributed by atoms with Crippen molar-refractivity contribution < 1.29 is 28.6 Å². The normalized spacial score (nSPS) is 14.0. The second-order valence-corrected chi connectivity index (χ2v) is 7.55. The van der Waals surface area contributed by atoms with Crippen molar-refractivity contribution in [3.8, 4) is 34.5 Å². The van der Waals surface area contributed by atoms with Gasteiger partial charge in [-0.1, -0.05) is 11.2 Å². The van der Waals surface area contributed by atoms with E-state index in [-0.39, 0.29) is 18.6 Å². The fraction of sp³-hybridized carbons (Fsp3) is 0.304. The molecule has 0 radical (unpaired) electrons. The first-order chi connectivity index (χ1) is 15.0. The van der Waals surface area contributed by atoms with Gasteiger partial charge in [-0.05, 0) is 62.1 Å². The molecule has 0 spiro atoms. The lowest BCUT2D eigenvalue weighted by molar-refractivity contribution is 0.170. The Morgan fingerprint density at radius 3 is 2.65 bits per heavy atom. The monoisotopic (exact) mass is 424 g/mol. The third kappa shape index (κ3) is 6.15. The van der Waals surface area contributed by atoms with Crippen molar-refractivity contribution in [2.75, 3.05) is 13.2 Å². The topological polar surface area (TPSA) is 103 Å². The zero-order valence-electron chi connectivity index (χ0n) is 17.1. The number of hydrogen-bond acceptors (Lipinski definition) is 6. The van der Waals surface area contributed by atoms with Crippen LogP contribution < -0.4 is 19.5 Å². The second kappa shape index (κ2) is 9.42. The largest absolute Gasteiger partial charge is 0.493 e. The summed E-state index contributed by atoms with van der Waals surface area (Å²) in [6.45, 7) is 2.59. The van der Waals surface area contributed by atoms with Gasteiger partial charge in [-0.3, -0.25) is 0 Å². The SMILES string of the molecule is C[C@@H](COc1cc(-c2ccc(Oc3cccc(OCC4CC4)c3)cc2)no1)NC(=O)O. The molecule has 1 amide bonds. The third-order valence-corrected chi connectivity index (χ3v) is 4.71. The molecule has 1 saturated carbocycles. The second-order valence-electron chi connectivity index (χ2n) is 7.55. The molecule has 162 valence electrons. The predicted octanol–water partition coefficient (Wildman–Crippen LogP) is 4.96. The Morgan fingerprint density at radius 2 is 1.90 bits per heavy atom. The summed E-state index contributed by atoms with van der Waals surface area (Å²) in [5.74, 6) is 3.13. The Hall–Kier alpha value is -3.68. The van der Waals surface area contributed by atoms with Gasteiger partial charge in [0.05, 0.1) is 18.7 Å². The van der Waals surface area contributed by atoms with Crippen LogP contribution in [0.15, 0.2) is 59.1 Å². The molecule has 3 aromatic rings. The van der Waals surface area contributed by atoms with Crippen LogP contribution in [-0.2, 0) is 0 Å². The molecule has 8 nitrogen and oxygen atoms in total. The first kappa shape index (κ1) is 20.6. The zero-order valence-corrected chi connectivity index (χ0v) is 17.1. The van der Waals surface area contributed by atoms with Crippen LogP contribution in [-0.4, -0.2) is 35.6 Å². The zero-order chi connectivity index (χ0) is 21.6. The minimum absolute atomic E-state index is 0.136. The van der Waals surface area contributed by atoms with Crippen molar-refractivity contribution in [1.82, 2.24) is 10.5 Å². The number of ether oxygens (including phenoxy) is 3. The van der Waals surface area contributed by atoms with Gasteiger partial charge in [0.1, 0.15) is 29.5 Å². The van der Waals surface area contributed by atoms with E-state index < -0.39 is 6.09 Å². The molecule has 1 atom stereocenters. The summed E-state index contributed by atoms with van der Waals surface area (Å²) in [6.07, 6.45) is 1.40. The summed E-state index contributed by atoms with van der Waals surface area (Å²) in [7, 11) is 0. The fourth-order valence-electron chi connectivity index (χ4n) is 2.88. The molecule has 1 fully saturated rings. The Balaban J connectivity index is 1.32. The average Bonchev–Trinajstić information content (AvgIpc) is 3.47. The van der Waals surface area contributed by atoms with Gasteiger partial charge in [-0.15, -0.1) is 0 Å². The lowest BCUT2D eigenvalue weighted by Crippen LogP contribution is -2.35. The van der Waals surface area contributed by atoms with E-state index in [1.165, 1.54) is 12.8 Å². The van der Waals surface area contributed by atoms with Crippen LogP contribution in [0.4, 0.5) is 4.79 Å². The van der Waals surface area contributed by atoms with Crippen LogP contribution in [0.3, 0.4) is 0 Å². The molecule has 0 bridgehead atoms. The van der Waals surface area contributed by atoms with E-state index in [4.69, 9.17) is 23.8 Å². The smallest absolute Gasteiger partial charge is 0.404 e. The minimum atomic E-state index is -1.10. The molecule has 8 heteroatoms. The van der Waals surface area contributed by atoms with Crippen molar-refractivity contribution >= 4 is 6.09 Å². The van der Waals surface area contributed by atoms with Crippen molar-refractivity contribution in [1.29, 1.82) is 0 Å². The van der Waals surface area contributed by atoms with E-state index >= 15 is 0 Å². The van der Waals surface area contributed by atoms with Gasteiger partial charge >= 0.3 is 12.0 Å². The van der Waals surface area contributed by atoms with Gasteiger partial charge in [0.15, 0.2) is 0 Å². The number of carbonyl (C=O) groups is 1. The average molecular weight is 424 g/mol. The summed E-state index contributed by atoms with van der Waals surface area (Å²) < 4.78 is 22.3. The highest BCUT2D eigenvalue weighted by molar-refractivity contribution is 5.64. The Morgan fingerprint density at radius 1 is 1.13 bits per heavy atom. The van der Waals surface area contributed by atoms with E-state index in [9.17, 15) is 4.79 Å². The molecule has 2 N–H and O–H groups in total. The molecule has 1 heterocycles. The Bertz CT molecular complexity index is 1010. The van der Waals surface area contributed by atoms with Gasteiger partial charge in [0.25, 0.3) is 0 Å².